The van der Waals surface area contributed by atoms with Gasteiger partial charge in [0, 0.05) is 22.6 Å². The summed E-state index contributed by atoms with van der Waals surface area (Å²) < 4.78 is 11.3. The van der Waals surface area contributed by atoms with E-state index in [0.717, 1.165) is 33.4 Å². The minimum Gasteiger partial charge on any atom is -0.539 e. The molecule has 0 atom stereocenters. The summed E-state index contributed by atoms with van der Waals surface area (Å²) in [5, 5.41) is 9.97. The normalized spacial score (nSPS) is 10.7. The number of hydrogen-bond acceptors (Lipinski definition) is 3. The SMILES string of the molecule is OBOc1ccc2c(-c3ccccc3)c(-c3ccccc3)oc2c1. The second-order valence-electron chi connectivity index (χ2n) is 5.47. The maximum atomic E-state index is 8.95. The molecule has 4 rings (SSSR count). The molecule has 0 saturated heterocycles. The number of hydrogen-bond donors (Lipinski definition) is 1. The van der Waals surface area contributed by atoms with Gasteiger partial charge < -0.3 is 14.1 Å². The van der Waals surface area contributed by atoms with Crippen LogP contribution in [0.2, 0.25) is 0 Å². The van der Waals surface area contributed by atoms with Gasteiger partial charge in [-0.3, -0.25) is 0 Å². The Bertz CT molecular complexity index is 962. The summed E-state index contributed by atoms with van der Waals surface area (Å²) in [6, 6.07) is 25.9. The molecular weight excluding hydrogens is 299 g/mol. The van der Waals surface area contributed by atoms with Crippen LogP contribution in [0.3, 0.4) is 0 Å². The standard InChI is InChI=1S/C20H15BO3/c22-21-24-16-11-12-17-18(13-16)23-20(15-9-5-2-6-10-15)19(17)14-7-3-1-4-8-14/h1-13,21-22H. The second-order valence-corrected chi connectivity index (χ2v) is 5.47. The van der Waals surface area contributed by atoms with E-state index in [4.69, 9.17) is 14.1 Å². The van der Waals surface area contributed by atoms with Crippen LogP contribution in [0, 0.1) is 0 Å². The first kappa shape index (κ1) is 14.6. The molecular formula is C20H15BO3. The molecule has 1 aromatic heterocycles. The summed E-state index contributed by atoms with van der Waals surface area (Å²) in [6.45, 7) is 0. The van der Waals surface area contributed by atoms with Gasteiger partial charge in [-0.2, -0.15) is 0 Å². The summed E-state index contributed by atoms with van der Waals surface area (Å²) in [5.74, 6) is 1.41. The lowest BCUT2D eigenvalue weighted by Gasteiger charge is -2.04. The van der Waals surface area contributed by atoms with E-state index in [1.165, 1.54) is 0 Å². The molecule has 0 fully saturated rings. The molecule has 0 aliphatic carbocycles. The zero-order chi connectivity index (χ0) is 16.4. The van der Waals surface area contributed by atoms with Crippen LogP contribution in [0.15, 0.2) is 83.3 Å². The maximum Gasteiger partial charge on any atom is 0.504 e. The highest BCUT2D eigenvalue weighted by molar-refractivity contribution is 6.17. The Morgan fingerprint density at radius 1 is 0.792 bits per heavy atom. The third kappa shape index (κ3) is 2.57. The molecule has 0 aliphatic heterocycles. The molecule has 0 unspecified atom stereocenters. The van der Waals surface area contributed by atoms with Crippen molar-refractivity contribution in [2.45, 2.75) is 0 Å². The van der Waals surface area contributed by atoms with Crippen LogP contribution < -0.4 is 4.65 Å². The molecule has 1 N–H and O–H groups in total. The fraction of sp³-hybridized carbons (Fsp3) is 0. The van der Waals surface area contributed by atoms with Gasteiger partial charge in [-0.15, -0.1) is 0 Å². The van der Waals surface area contributed by atoms with E-state index in [9.17, 15) is 0 Å². The average molecular weight is 314 g/mol. The molecule has 24 heavy (non-hydrogen) atoms. The van der Waals surface area contributed by atoms with E-state index in [1.54, 1.807) is 0 Å². The van der Waals surface area contributed by atoms with Crippen molar-refractivity contribution in [2.24, 2.45) is 0 Å². The maximum absolute atomic E-state index is 8.95. The molecule has 4 heteroatoms. The smallest absolute Gasteiger partial charge is 0.504 e. The van der Waals surface area contributed by atoms with E-state index in [2.05, 4.69) is 12.1 Å². The molecule has 0 spiro atoms. The summed E-state index contributed by atoms with van der Waals surface area (Å²) >= 11 is 0. The molecule has 3 aromatic carbocycles. The van der Waals surface area contributed by atoms with Crippen LogP contribution in [0.5, 0.6) is 5.75 Å². The Morgan fingerprint density at radius 3 is 2.12 bits per heavy atom. The molecule has 0 amide bonds. The Labute approximate surface area is 140 Å². The zero-order valence-corrected chi connectivity index (χ0v) is 13.0. The zero-order valence-electron chi connectivity index (χ0n) is 13.0. The lowest BCUT2D eigenvalue weighted by atomic mass is 9.98. The lowest BCUT2D eigenvalue weighted by molar-refractivity contribution is 0.453. The highest BCUT2D eigenvalue weighted by atomic mass is 16.5. The fourth-order valence-corrected chi connectivity index (χ4v) is 2.93. The summed E-state index contributed by atoms with van der Waals surface area (Å²) in [5.41, 5.74) is 3.93. The Morgan fingerprint density at radius 2 is 1.46 bits per heavy atom. The van der Waals surface area contributed by atoms with Crippen LogP contribution >= 0.6 is 0 Å². The van der Waals surface area contributed by atoms with E-state index in [0.29, 0.717) is 5.75 Å². The fourth-order valence-electron chi connectivity index (χ4n) is 2.93. The Balaban J connectivity index is 1.99. The van der Waals surface area contributed by atoms with E-state index < -0.39 is 0 Å². The van der Waals surface area contributed by atoms with Crippen molar-refractivity contribution in [1.29, 1.82) is 0 Å². The minimum absolute atomic E-state index is 0.358. The highest BCUT2D eigenvalue weighted by Crippen LogP contribution is 2.41. The topological polar surface area (TPSA) is 42.6 Å². The first-order valence-electron chi connectivity index (χ1n) is 7.78. The van der Waals surface area contributed by atoms with Crippen LogP contribution in [0.25, 0.3) is 33.4 Å². The van der Waals surface area contributed by atoms with Crippen molar-refractivity contribution in [3.05, 3.63) is 78.9 Å². The molecule has 116 valence electrons. The number of benzene rings is 3. The molecule has 4 aromatic rings. The van der Waals surface area contributed by atoms with Crippen molar-refractivity contribution >= 4 is 18.7 Å². The molecule has 0 bridgehead atoms. The van der Waals surface area contributed by atoms with Crippen LogP contribution in [-0.2, 0) is 0 Å². The number of furan rings is 1. The number of rotatable bonds is 4. The van der Waals surface area contributed by atoms with Gasteiger partial charge >= 0.3 is 7.69 Å². The molecule has 1 heterocycles. The molecule has 0 saturated carbocycles. The predicted octanol–water partition coefficient (Wildman–Crippen LogP) is 4.40. The largest absolute Gasteiger partial charge is 0.539 e. The summed E-state index contributed by atoms with van der Waals surface area (Å²) in [7, 11) is -0.358. The van der Waals surface area contributed by atoms with Crippen molar-refractivity contribution < 1.29 is 14.1 Å². The van der Waals surface area contributed by atoms with Gasteiger partial charge in [0.15, 0.2) is 0 Å². The quantitative estimate of drug-likeness (QED) is 0.568. The molecule has 0 aliphatic rings. The van der Waals surface area contributed by atoms with Crippen molar-refractivity contribution in [2.75, 3.05) is 0 Å². The Kier molecular flexibility index (Phi) is 3.81. The van der Waals surface area contributed by atoms with Crippen molar-refractivity contribution in [3.63, 3.8) is 0 Å². The van der Waals surface area contributed by atoms with Crippen molar-refractivity contribution in [1.82, 2.24) is 0 Å². The van der Waals surface area contributed by atoms with E-state index in [1.807, 2.05) is 66.7 Å². The van der Waals surface area contributed by atoms with Gasteiger partial charge in [-0.1, -0.05) is 60.7 Å². The molecule has 3 nitrogen and oxygen atoms in total. The number of fused-ring (bicyclic) bond motifs is 1. The van der Waals surface area contributed by atoms with Crippen LogP contribution in [-0.4, -0.2) is 12.7 Å². The monoisotopic (exact) mass is 314 g/mol. The third-order valence-electron chi connectivity index (χ3n) is 3.99. The van der Waals surface area contributed by atoms with Gasteiger partial charge in [-0.25, -0.2) is 0 Å². The van der Waals surface area contributed by atoms with Gasteiger partial charge in [0.2, 0.25) is 0 Å². The van der Waals surface area contributed by atoms with E-state index >= 15 is 0 Å². The Hall–Kier alpha value is -2.98. The minimum atomic E-state index is -0.358. The van der Waals surface area contributed by atoms with E-state index in [-0.39, 0.29) is 7.69 Å². The second kappa shape index (κ2) is 6.26. The van der Waals surface area contributed by atoms with Crippen LogP contribution in [0.1, 0.15) is 0 Å². The molecule has 0 radical (unpaired) electrons. The third-order valence-corrected chi connectivity index (χ3v) is 3.99. The first-order chi connectivity index (χ1) is 11.9. The lowest BCUT2D eigenvalue weighted by Crippen LogP contribution is -1.99. The van der Waals surface area contributed by atoms with Gasteiger partial charge in [0.25, 0.3) is 0 Å². The van der Waals surface area contributed by atoms with Gasteiger partial charge in [-0.05, 0) is 17.7 Å². The van der Waals surface area contributed by atoms with Gasteiger partial charge in [0.1, 0.15) is 17.1 Å². The van der Waals surface area contributed by atoms with Crippen LogP contribution in [0.4, 0.5) is 0 Å². The summed E-state index contributed by atoms with van der Waals surface area (Å²) in [4.78, 5) is 0. The van der Waals surface area contributed by atoms with Crippen molar-refractivity contribution in [3.8, 4) is 28.2 Å². The summed E-state index contributed by atoms with van der Waals surface area (Å²) in [6.07, 6.45) is 0. The highest BCUT2D eigenvalue weighted by Gasteiger charge is 2.17. The van der Waals surface area contributed by atoms with Gasteiger partial charge in [0.05, 0.1) is 0 Å². The first-order valence-corrected chi connectivity index (χ1v) is 7.78. The predicted molar refractivity (Wildman–Crippen MR) is 97.1 cm³/mol. The average Bonchev–Trinajstić information content (AvgIpc) is 3.02.